The molecular formula is C19H21FN8. The van der Waals surface area contributed by atoms with Crippen molar-refractivity contribution in [3.05, 3.63) is 53.1 Å². The van der Waals surface area contributed by atoms with Gasteiger partial charge in [-0.2, -0.15) is 10.1 Å². The Morgan fingerprint density at radius 1 is 1.36 bits per heavy atom. The lowest BCUT2D eigenvalue weighted by molar-refractivity contribution is 0.607. The number of aromatic nitrogens is 4. The minimum atomic E-state index is -0.419. The number of nitrogen functional groups attached to an aromatic ring is 1. The molecule has 28 heavy (non-hydrogen) atoms. The monoisotopic (exact) mass is 380 g/mol. The van der Waals surface area contributed by atoms with Crippen molar-refractivity contribution >= 4 is 29.5 Å². The Balaban J connectivity index is 1.52. The molecule has 0 aliphatic heterocycles. The number of hydrogen-bond acceptors (Lipinski definition) is 7. The van der Waals surface area contributed by atoms with Crippen molar-refractivity contribution in [2.45, 2.75) is 25.3 Å². The number of aromatic amines is 1. The van der Waals surface area contributed by atoms with Gasteiger partial charge in [-0.1, -0.05) is 0 Å². The first-order chi connectivity index (χ1) is 13.5. The maximum atomic E-state index is 14.3. The van der Waals surface area contributed by atoms with Gasteiger partial charge in [0.2, 0.25) is 5.95 Å². The SMILES string of the molecule is CN(Cc1c(F)ccc(N)c1C=N)c1nccc(Nc2cc(C3CC3)[nH]n2)n1. The first-order valence-corrected chi connectivity index (χ1v) is 8.99. The van der Waals surface area contributed by atoms with Crippen LogP contribution in [0.1, 0.15) is 35.6 Å². The molecule has 1 fully saturated rings. The number of H-pyrrole nitrogens is 1. The quantitative estimate of drug-likeness (QED) is 0.369. The molecule has 1 aliphatic carbocycles. The summed E-state index contributed by atoms with van der Waals surface area (Å²) in [5, 5.41) is 18.0. The minimum Gasteiger partial charge on any atom is -0.398 e. The van der Waals surface area contributed by atoms with E-state index in [0.717, 1.165) is 11.9 Å². The molecule has 144 valence electrons. The predicted molar refractivity (Wildman–Crippen MR) is 107 cm³/mol. The topological polar surface area (TPSA) is 120 Å². The fraction of sp³-hybridized carbons (Fsp3) is 0.263. The van der Waals surface area contributed by atoms with Crippen LogP contribution in [0.25, 0.3) is 0 Å². The second kappa shape index (κ2) is 7.26. The Bertz CT molecular complexity index is 1010. The summed E-state index contributed by atoms with van der Waals surface area (Å²) in [6.45, 7) is 0.180. The summed E-state index contributed by atoms with van der Waals surface area (Å²) in [7, 11) is 1.76. The van der Waals surface area contributed by atoms with E-state index < -0.39 is 5.82 Å². The van der Waals surface area contributed by atoms with Crippen molar-refractivity contribution in [2.24, 2.45) is 0 Å². The number of rotatable bonds is 7. The third-order valence-electron chi connectivity index (χ3n) is 4.73. The van der Waals surface area contributed by atoms with Crippen LogP contribution in [-0.4, -0.2) is 33.4 Å². The number of halogens is 1. The second-order valence-electron chi connectivity index (χ2n) is 6.88. The van der Waals surface area contributed by atoms with Crippen LogP contribution in [0, 0.1) is 11.2 Å². The summed E-state index contributed by atoms with van der Waals surface area (Å²) in [6.07, 6.45) is 5.09. The zero-order valence-corrected chi connectivity index (χ0v) is 15.4. The van der Waals surface area contributed by atoms with Crippen LogP contribution in [0.5, 0.6) is 0 Å². The van der Waals surface area contributed by atoms with E-state index in [-0.39, 0.29) is 6.54 Å². The summed E-state index contributed by atoms with van der Waals surface area (Å²) < 4.78 is 14.3. The average Bonchev–Trinajstić information content (AvgIpc) is 3.44. The molecule has 0 saturated heterocycles. The van der Waals surface area contributed by atoms with Crippen molar-refractivity contribution in [2.75, 3.05) is 23.0 Å². The fourth-order valence-electron chi connectivity index (χ4n) is 3.03. The highest BCUT2D eigenvalue weighted by Gasteiger charge is 2.25. The van der Waals surface area contributed by atoms with Crippen molar-refractivity contribution in [1.82, 2.24) is 20.2 Å². The molecule has 2 heterocycles. The average molecular weight is 380 g/mol. The maximum absolute atomic E-state index is 14.3. The van der Waals surface area contributed by atoms with E-state index in [9.17, 15) is 4.39 Å². The van der Waals surface area contributed by atoms with Gasteiger partial charge in [-0.25, -0.2) is 9.37 Å². The molecule has 0 amide bonds. The number of nitrogens with zero attached hydrogens (tertiary/aromatic N) is 4. The smallest absolute Gasteiger partial charge is 0.227 e. The van der Waals surface area contributed by atoms with Crippen LogP contribution in [0.15, 0.2) is 30.5 Å². The fourth-order valence-corrected chi connectivity index (χ4v) is 3.03. The lowest BCUT2D eigenvalue weighted by Crippen LogP contribution is -2.21. The molecule has 0 radical (unpaired) electrons. The van der Waals surface area contributed by atoms with Gasteiger partial charge in [0.15, 0.2) is 5.82 Å². The van der Waals surface area contributed by atoms with Crippen LogP contribution >= 0.6 is 0 Å². The molecule has 0 atom stereocenters. The lowest BCUT2D eigenvalue weighted by atomic mass is 10.1. The molecule has 8 nitrogen and oxygen atoms in total. The highest BCUT2D eigenvalue weighted by Crippen LogP contribution is 2.39. The summed E-state index contributed by atoms with van der Waals surface area (Å²) in [5.74, 6) is 1.87. The molecule has 0 unspecified atom stereocenters. The van der Waals surface area contributed by atoms with E-state index in [1.54, 1.807) is 24.2 Å². The van der Waals surface area contributed by atoms with Gasteiger partial charge in [-0.05, 0) is 31.0 Å². The molecule has 0 bridgehead atoms. The molecule has 1 aliphatic rings. The summed E-state index contributed by atoms with van der Waals surface area (Å²) in [5.41, 5.74) is 8.06. The zero-order chi connectivity index (χ0) is 19.7. The first kappa shape index (κ1) is 17.9. The van der Waals surface area contributed by atoms with Gasteiger partial charge in [-0.15, -0.1) is 0 Å². The highest BCUT2D eigenvalue weighted by atomic mass is 19.1. The number of benzene rings is 1. The maximum Gasteiger partial charge on any atom is 0.227 e. The van der Waals surface area contributed by atoms with E-state index in [0.29, 0.717) is 40.3 Å². The van der Waals surface area contributed by atoms with Gasteiger partial charge in [0.25, 0.3) is 0 Å². The van der Waals surface area contributed by atoms with Crippen LogP contribution in [0.2, 0.25) is 0 Å². The molecular weight excluding hydrogens is 359 g/mol. The number of anilines is 4. The molecule has 1 saturated carbocycles. The van der Waals surface area contributed by atoms with E-state index >= 15 is 0 Å². The predicted octanol–water partition coefficient (Wildman–Crippen LogP) is 3.18. The largest absolute Gasteiger partial charge is 0.398 e. The van der Waals surface area contributed by atoms with Crippen molar-refractivity contribution in [3.8, 4) is 0 Å². The molecule has 3 aromatic rings. The van der Waals surface area contributed by atoms with Gasteiger partial charge in [-0.3, -0.25) is 5.10 Å². The molecule has 0 spiro atoms. The molecule has 1 aromatic carbocycles. The Morgan fingerprint density at radius 3 is 2.93 bits per heavy atom. The summed E-state index contributed by atoms with van der Waals surface area (Å²) >= 11 is 0. The van der Waals surface area contributed by atoms with Crippen LogP contribution in [-0.2, 0) is 6.54 Å². The van der Waals surface area contributed by atoms with Gasteiger partial charge >= 0.3 is 0 Å². The van der Waals surface area contributed by atoms with Crippen molar-refractivity contribution in [3.63, 3.8) is 0 Å². The Kier molecular flexibility index (Phi) is 4.64. The van der Waals surface area contributed by atoms with Crippen LogP contribution in [0.4, 0.5) is 27.7 Å². The molecule has 5 N–H and O–H groups in total. The first-order valence-electron chi connectivity index (χ1n) is 8.99. The Labute approximate surface area is 161 Å². The number of hydrogen-bond donors (Lipinski definition) is 4. The van der Waals surface area contributed by atoms with Gasteiger partial charge in [0.1, 0.15) is 11.6 Å². The van der Waals surface area contributed by atoms with Crippen molar-refractivity contribution < 1.29 is 4.39 Å². The molecule has 2 aromatic heterocycles. The summed E-state index contributed by atoms with van der Waals surface area (Å²) in [4.78, 5) is 10.4. The van der Waals surface area contributed by atoms with Gasteiger partial charge < -0.3 is 21.4 Å². The highest BCUT2D eigenvalue weighted by molar-refractivity contribution is 5.87. The van der Waals surface area contributed by atoms with E-state index in [2.05, 4.69) is 25.5 Å². The Hall–Kier alpha value is -3.49. The third-order valence-corrected chi connectivity index (χ3v) is 4.73. The van der Waals surface area contributed by atoms with E-state index in [1.165, 1.54) is 25.0 Å². The zero-order valence-electron chi connectivity index (χ0n) is 15.4. The standard InChI is InChI=1S/C19H21FN8/c1-28(10-13-12(9-21)15(22)5-4-14(13)20)19-23-7-6-17(25-19)24-18-8-16(26-27-18)11-2-3-11/h4-9,11,21H,2-3,10,22H2,1H3,(H2,23,24,25,26,27). The minimum absolute atomic E-state index is 0.180. The van der Waals surface area contributed by atoms with Crippen molar-refractivity contribution in [1.29, 1.82) is 5.41 Å². The number of nitrogens with two attached hydrogens (primary N) is 1. The van der Waals surface area contributed by atoms with E-state index in [4.69, 9.17) is 11.1 Å². The number of nitrogens with one attached hydrogen (secondary N) is 3. The van der Waals surface area contributed by atoms with Crippen LogP contribution < -0.4 is 16.0 Å². The second-order valence-corrected chi connectivity index (χ2v) is 6.88. The molecule has 9 heteroatoms. The Morgan fingerprint density at radius 2 is 2.18 bits per heavy atom. The van der Waals surface area contributed by atoms with Gasteiger partial charge in [0, 0.05) is 60.5 Å². The third kappa shape index (κ3) is 3.64. The summed E-state index contributed by atoms with van der Waals surface area (Å²) in [6, 6.07) is 6.49. The van der Waals surface area contributed by atoms with Crippen LogP contribution in [0.3, 0.4) is 0 Å². The molecule has 4 rings (SSSR count). The normalized spacial score (nSPS) is 13.4. The van der Waals surface area contributed by atoms with Gasteiger partial charge in [0.05, 0.1) is 0 Å². The lowest BCUT2D eigenvalue weighted by Gasteiger charge is -2.19. The van der Waals surface area contributed by atoms with E-state index in [1.807, 2.05) is 6.07 Å².